The Bertz CT molecular complexity index is 997. The van der Waals surface area contributed by atoms with Crippen LogP contribution in [0.4, 0.5) is 11.4 Å². The zero-order chi connectivity index (χ0) is 26.7. The zero-order valence-corrected chi connectivity index (χ0v) is 26.2. The highest BCUT2D eigenvalue weighted by Crippen LogP contribution is 2.35. The molecule has 1 saturated carbocycles. The van der Waals surface area contributed by atoms with Gasteiger partial charge in [-0.05, 0) is 114 Å². The number of aryl methyl sites for hydroxylation is 4. The highest BCUT2D eigenvalue weighted by molar-refractivity contribution is 6.70. The van der Waals surface area contributed by atoms with Crippen LogP contribution in [0, 0.1) is 39.5 Å². The van der Waals surface area contributed by atoms with Gasteiger partial charge in [0.25, 0.3) is 0 Å². The lowest BCUT2D eigenvalue weighted by molar-refractivity contribution is 0.140. The summed E-state index contributed by atoms with van der Waals surface area (Å²) in [6, 6.07) is 12.8. The van der Waals surface area contributed by atoms with E-state index in [1.54, 1.807) is 0 Å². The van der Waals surface area contributed by atoms with E-state index in [-0.39, 0.29) is 0 Å². The molecule has 0 aromatic heterocycles. The first-order chi connectivity index (χ1) is 16.7. The average Bonchev–Trinajstić information content (AvgIpc) is 2.76. The Morgan fingerprint density at radius 3 is 1.19 bits per heavy atom. The summed E-state index contributed by atoms with van der Waals surface area (Å²) < 4.78 is 12.9. The molecular weight excluding hydrogens is 477 g/mol. The van der Waals surface area contributed by atoms with Gasteiger partial charge in [-0.2, -0.15) is 0 Å². The Hall–Kier alpha value is -1.87. The van der Waals surface area contributed by atoms with E-state index in [1.165, 1.54) is 22.3 Å². The molecule has 2 atom stereocenters. The number of nitrogens with zero attached hydrogens (tertiary/aromatic N) is 2. The molecule has 36 heavy (non-hydrogen) atoms. The maximum Gasteiger partial charge on any atom is 0.183 e. The van der Waals surface area contributed by atoms with Gasteiger partial charge in [0.1, 0.15) is 0 Å². The van der Waals surface area contributed by atoms with E-state index in [0.29, 0.717) is 11.8 Å². The molecule has 0 N–H and O–H groups in total. The normalized spacial score (nSPS) is 21.4. The molecule has 196 valence electrons. The molecule has 2 aromatic rings. The summed E-state index contributed by atoms with van der Waals surface area (Å²) in [6.07, 6.45) is 1.73. The van der Waals surface area contributed by atoms with Gasteiger partial charge >= 0.3 is 0 Å². The van der Waals surface area contributed by atoms with Crippen molar-refractivity contribution in [1.82, 2.24) is 0 Å². The quantitative estimate of drug-likeness (QED) is 0.326. The van der Waals surface area contributed by atoms with E-state index in [0.717, 1.165) is 48.9 Å². The number of aliphatic imine (C=N–C) groups is 2. The number of rotatable bonds is 8. The van der Waals surface area contributed by atoms with Gasteiger partial charge in [-0.15, -0.1) is 0 Å². The lowest BCUT2D eigenvalue weighted by Crippen LogP contribution is -2.41. The highest BCUT2D eigenvalue weighted by Gasteiger charge is 2.35. The van der Waals surface area contributed by atoms with E-state index in [1.807, 2.05) is 0 Å². The highest BCUT2D eigenvalue weighted by atomic mass is 28.4. The van der Waals surface area contributed by atoms with Gasteiger partial charge in [0.05, 0.1) is 22.8 Å². The second-order valence-corrected chi connectivity index (χ2v) is 21.4. The fourth-order valence-corrected chi connectivity index (χ4v) is 6.05. The second kappa shape index (κ2) is 11.7. The van der Waals surface area contributed by atoms with Crippen molar-refractivity contribution in [2.75, 3.05) is 13.2 Å². The van der Waals surface area contributed by atoms with Crippen LogP contribution in [0.5, 0.6) is 0 Å². The van der Waals surface area contributed by atoms with E-state index < -0.39 is 16.6 Å². The molecule has 0 aliphatic heterocycles. The zero-order valence-electron chi connectivity index (χ0n) is 24.2. The third-order valence-electron chi connectivity index (χ3n) is 6.74. The van der Waals surface area contributed by atoms with Crippen molar-refractivity contribution in [3.63, 3.8) is 0 Å². The molecule has 1 aliphatic carbocycles. The van der Waals surface area contributed by atoms with E-state index in [9.17, 15) is 0 Å². The number of hydrogen-bond donors (Lipinski definition) is 0. The van der Waals surface area contributed by atoms with Crippen molar-refractivity contribution in [3.8, 4) is 0 Å². The number of benzene rings is 2. The molecule has 0 heterocycles. The Balaban J connectivity index is 2.09. The maximum atomic E-state index is 6.47. The summed E-state index contributed by atoms with van der Waals surface area (Å²) in [7, 11) is -3.28. The third-order valence-corrected chi connectivity index (χ3v) is 8.81. The topological polar surface area (TPSA) is 43.2 Å². The lowest BCUT2D eigenvalue weighted by atomic mass is 9.77. The van der Waals surface area contributed by atoms with Crippen LogP contribution in [0.15, 0.2) is 46.4 Å². The molecule has 0 saturated heterocycles. The summed E-state index contributed by atoms with van der Waals surface area (Å²) in [5.41, 5.74) is 9.15. The van der Waals surface area contributed by atoms with Crippen molar-refractivity contribution in [3.05, 3.63) is 58.7 Å². The lowest BCUT2D eigenvalue weighted by Gasteiger charge is -2.36. The van der Waals surface area contributed by atoms with Crippen LogP contribution < -0.4 is 0 Å². The summed E-state index contributed by atoms with van der Waals surface area (Å²) in [6.45, 7) is 23.7. The van der Waals surface area contributed by atoms with Gasteiger partial charge < -0.3 is 8.85 Å². The first-order valence-electron chi connectivity index (χ1n) is 13.3. The molecule has 0 spiro atoms. The van der Waals surface area contributed by atoms with Crippen LogP contribution >= 0.6 is 0 Å². The molecule has 6 heteroatoms. The average molecular weight is 523 g/mol. The van der Waals surface area contributed by atoms with Gasteiger partial charge in [-0.3, -0.25) is 9.98 Å². The predicted octanol–water partition coefficient (Wildman–Crippen LogP) is 8.49. The van der Waals surface area contributed by atoms with Crippen molar-refractivity contribution in [2.24, 2.45) is 21.8 Å². The molecule has 3 rings (SSSR count). The van der Waals surface area contributed by atoms with Crippen molar-refractivity contribution in [1.29, 1.82) is 0 Å². The fourth-order valence-electron chi connectivity index (χ4n) is 4.62. The van der Waals surface area contributed by atoms with Gasteiger partial charge in [-0.1, -0.05) is 36.4 Å². The van der Waals surface area contributed by atoms with Crippen LogP contribution in [-0.4, -0.2) is 41.3 Å². The van der Waals surface area contributed by atoms with Crippen molar-refractivity contribution < 1.29 is 8.85 Å². The largest absolute Gasteiger partial charge is 0.417 e. The molecule has 0 radical (unpaired) electrons. The molecule has 0 amide bonds. The summed E-state index contributed by atoms with van der Waals surface area (Å²) in [4.78, 5) is 10.6. The van der Waals surface area contributed by atoms with Crippen LogP contribution in [0.2, 0.25) is 39.3 Å². The van der Waals surface area contributed by atoms with E-state index >= 15 is 0 Å². The molecular formula is C30H46N2O2Si2. The van der Waals surface area contributed by atoms with Gasteiger partial charge in [0.2, 0.25) is 0 Å². The van der Waals surface area contributed by atoms with Crippen LogP contribution in [0.3, 0.4) is 0 Å². The molecule has 2 aromatic carbocycles. The Kier molecular flexibility index (Phi) is 9.31. The van der Waals surface area contributed by atoms with Gasteiger partial charge in [-0.25, -0.2) is 0 Å². The minimum absolute atomic E-state index is 0.369. The smallest absolute Gasteiger partial charge is 0.183 e. The molecule has 2 unspecified atom stereocenters. The Labute approximate surface area is 221 Å². The molecule has 1 aliphatic rings. The maximum absolute atomic E-state index is 6.47. The molecule has 1 fully saturated rings. The second-order valence-electron chi connectivity index (χ2n) is 12.4. The Morgan fingerprint density at radius 1 is 0.611 bits per heavy atom. The van der Waals surface area contributed by atoms with Crippen molar-refractivity contribution >= 4 is 39.4 Å². The number of hydrogen-bond acceptors (Lipinski definition) is 4. The summed E-state index contributed by atoms with van der Waals surface area (Å²) >= 11 is 0. The monoisotopic (exact) mass is 522 g/mol. The van der Waals surface area contributed by atoms with Gasteiger partial charge in [0.15, 0.2) is 16.6 Å². The third kappa shape index (κ3) is 8.07. The van der Waals surface area contributed by atoms with Gasteiger partial charge in [0, 0.05) is 13.2 Å². The minimum atomic E-state index is -1.64. The first kappa shape index (κ1) is 28.7. The SMILES string of the molecule is Cc1cccc(C)c1N=C1CC(CO[Si](C)(C)C)C(CO[Si](C)(C)C)CC1=Nc1c(C)cccc1C. The predicted molar refractivity (Wildman–Crippen MR) is 161 cm³/mol. The standard InChI is InChI=1S/C30H46N2O2Si2/c1-21-13-11-14-22(2)29(21)31-27-17-25(19-33-35(5,6)7)26(20-34-36(8,9)10)18-28(27)32-30-23(3)15-12-16-24(30)4/h11-16,25-26H,17-20H2,1-10H3. The van der Waals surface area contributed by atoms with Crippen LogP contribution in [0.25, 0.3) is 0 Å². The van der Waals surface area contributed by atoms with Crippen molar-refractivity contribution in [2.45, 2.75) is 79.8 Å². The molecule has 4 nitrogen and oxygen atoms in total. The molecule has 0 bridgehead atoms. The minimum Gasteiger partial charge on any atom is -0.417 e. The Morgan fingerprint density at radius 2 is 0.917 bits per heavy atom. The fraction of sp³-hybridized carbons (Fsp3) is 0.533. The summed E-state index contributed by atoms with van der Waals surface area (Å²) in [5.74, 6) is 0.737. The van der Waals surface area contributed by atoms with E-state index in [2.05, 4.69) is 103 Å². The summed E-state index contributed by atoms with van der Waals surface area (Å²) in [5, 5.41) is 0. The van der Waals surface area contributed by atoms with Crippen LogP contribution in [0.1, 0.15) is 35.1 Å². The van der Waals surface area contributed by atoms with E-state index in [4.69, 9.17) is 18.8 Å². The first-order valence-corrected chi connectivity index (χ1v) is 20.1. The number of para-hydroxylation sites is 2. The van der Waals surface area contributed by atoms with Crippen LogP contribution in [-0.2, 0) is 8.85 Å².